The second kappa shape index (κ2) is 10.3. The summed E-state index contributed by atoms with van der Waals surface area (Å²) in [7, 11) is 1.39. The second-order valence-corrected chi connectivity index (χ2v) is 7.87. The van der Waals surface area contributed by atoms with Gasteiger partial charge < -0.3 is 19.5 Å². The Morgan fingerprint density at radius 3 is 2.72 bits per heavy atom. The van der Waals surface area contributed by atoms with Gasteiger partial charge in [0.25, 0.3) is 5.91 Å². The lowest BCUT2D eigenvalue weighted by atomic mass is 9.94. The highest BCUT2D eigenvalue weighted by molar-refractivity contribution is 6.04. The number of fused-ring (bicyclic) bond motifs is 1. The van der Waals surface area contributed by atoms with E-state index < -0.39 is 0 Å². The maximum atomic E-state index is 12.6. The molecule has 2 heterocycles. The number of amides is 1. The summed E-state index contributed by atoms with van der Waals surface area (Å²) < 4.78 is 15.9. The zero-order valence-electron chi connectivity index (χ0n) is 18.1. The molecule has 0 bridgehead atoms. The molecule has 32 heavy (non-hydrogen) atoms. The molecule has 0 spiro atoms. The molecule has 2 aromatic carbocycles. The third-order valence-corrected chi connectivity index (χ3v) is 5.52. The molecule has 0 radical (unpaired) electrons. The first-order valence-corrected chi connectivity index (χ1v) is 10.7. The van der Waals surface area contributed by atoms with Gasteiger partial charge in [-0.15, -0.1) is 0 Å². The van der Waals surface area contributed by atoms with Crippen LogP contribution < -0.4 is 10.1 Å². The number of esters is 1. The van der Waals surface area contributed by atoms with Crippen LogP contribution in [0.25, 0.3) is 0 Å². The lowest BCUT2D eigenvalue weighted by Gasteiger charge is -2.25. The molecule has 1 amide bonds. The topological polar surface area (TPSA) is 89.5 Å². The molecule has 0 aromatic heterocycles. The van der Waals surface area contributed by atoms with Crippen molar-refractivity contribution in [1.29, 1.82) is 0 Å². The van der Waals surface area contributed by atoms with Gasteiger partial charge in [0.15, 0.2) is 0 Å². The van der Waals surface area contributed by atoms with Gasteiger partial charge in [0.05, 0.1) is 52.7 Å². The predicted octanol–water partition coefficient (Wildman–Crippen LogP) is 2.72. The summed E-state index contributed by atoms with van der Waals surface area (Å²) in [6.07, 6.45) is 2.87. The van der Waals surface area contributed by atoms with Crippen LogP contribution in [0.1, 0.15) is 27.9 Å². The Balaban J connectivity index is 1.34. The maximum Gasteiger partial charge on any atom is 0.305 e. The van der Waals surface area contributed by atoms with Crippen molar-refractivity contribution in [3.05, 3.63) is 59.2 Å². The van der Waals surface area contributed by atoms with Crippen molar-refractivity contribution in [1.82, 2.24) is 5.01 Å². The summed E-state index contributed by atoms with van der Waals surface area (Å²) >= 11 is 0. The standard InChI is InChI=1S/C24H27N3O5/c1-30-23(28)13-18-12-20-6-7-21(14-22(20)32-16-18)26-24(29)19-4-2-17(3-5-19)15-25-27-8-10-31-11-9-27/h2-7,14-15,18H,8-13,16H2,1H3,(H,26,29). The number of hydrazone groups is 1. The molecule has 1 N–H and O–H groups in total. The normalized spacial score (nSPS) is 18.0. The van der Waals surface area contributed by atoms with Crippen LogP contribution in [0.4, 0.5) is 5.69 Å². The first kappa shape index (κ1) is 21.8. The molecule has 8 heteroatoms. The first-order chi connectivity index (χ1) is 15.6. The van der Waals surface area contributed by atoms with Crippen LogP contribution in [0.15, 0.2) is 47.6 Å². The van der Waals surface area contributed by atoms with Crippen molar-refractivity contribution in [2.75, 3.05) is 45.3 Å². The summed E-state index contributed by atoms with van der Waals surface area (Å²) in [5, 5.41) is 9.34. The predicted molar refractivity (Wildman–Crippen MR) is 120 cm³/mol. The lowest BCUT2D eigenvalue weighted by molar-refractivity contribution is -0.142. The highest BCUT2D eigenvalue weighted by Crippen LogP contribution is 2.31. The SMILES string of the molecule is COC(=O)CC1COc2cc(NC(=O)c3ccc(C=NN4CCOCC4)cc3)ccc2C1. The largest absolute Gasteiger partial charge is 0.493 e. The summed E-state index contributed by atoms with van der Waals surface area (Å²) in [5.74, 6) is 0.407. The third kappa shape index (κ3) is 5.64. The Hall–Kier alpha value is -3.39. The van der Waals surface area contributed by atoms with Crippen molar-refractivity contribution in [2.45, 2.75) is 12.8 Å². The van der Waals surface area contributed by atoms with Gasteiger partial charge in [0, 0.05) is 23.2 Å². The maximum absolute atomic E-state index is 12.6. The molecule has 4 rings (SSSR count). The van der Waals surface area contributed by atoms with Crippen molar-refractivity contribution >= 4 is 23.8 Å². The molecule has 1 unspecified atom stereocenters. The van der Waals surface area contributed by atoms with Gasteiger partial charge in [0.2, 0.25) is 0 Å². The van der Waals surface area contributed by atoms with E-state index in [1.807, 2.05) is 35.3 Å². The first-order valence-electron chi connectivity index (χ1n) is 10.7. The molecular weight excluding hydrogens is 410 g/mol. The molecule has 1 saturated heterocycles. The molecular formula is C24H27N3O5. The highest BCUT2D eigenvalue weighted by Gasteiger charge is 2.23. The van der Waals surface area contributed by atoms with Crippen molar-refractivity contribution in [2.24, 2.45) is 11.0 Å². The van der Waals surface area contributed by atoms with Gasteiger partial charge in [-0.05, 0) is 35.7 Å². The van der Waals surface area contributed by atoms with Gasteiger partial charge in [0.1, 0.15) is 5.75 Å². The van der Waals surface area contributed by atoms with Gasteiger partial charge in [-0.2, -0.15) is 5.10 Å². The molecule has 1 atom stereocenters. The van der Waals surface area contributed by atoms with E-state index in [9.17, 15) is 9.59 Å². The van der Waals surface area contributed by atoms with E-state index in [2.05, 4.69) is 10.4 Å². The molecule has 2 aliphatic rings. The number of hydrogen-bond acceptors (Lipinski definition) is 7. The smallest absolute Gasteiger partial charge is 0.305 e. The van der Waals surface area contributed by atoms with E-state index in [0.717, 1.165) is 36.4 Å². The van der Waals surface area contributed by atoms with E-state index >= 15 is 0 Å². The molecule has 0 aliphatic carbocycles. The highest BCUT2D eigenvalue weighted by atomic mass is 16.5. The quantitative estimate of drug-likeness (QED) is 0.552. The van der Waals surface area contributed by atoms with Crippen LogP contribution >= 0.6 is 0 Å². The van der Waals surface area contributed by atoms with Crippen LogP contribution in [0.3, 0.4) is 0 Å². The van der Waals surface area contributed by atoms with E-state index in [-0.39, 0.29) is 17.8 Å². The number of nitrogens with one attached hydrogen (secondary N) is 1. The van der Waals surface area contributed by atoms with Crippen LogP contribution in [-0.4, -0.2) is 63.1 Å². The number of benzene rings is 2. The number of methoxy groups -OCH3 is 1. The lowest BCUT2D eigenvalue weighted by Crippen LogP contribution is -2.32. The van der Waals surface area contributed by atoms with Crippen molar-refractivity contribution < 1.29 is 23.8 Å². The molecule has 168 valence electrons. The monoisotopic (exact) mass is 437 g/mol. The minimum atomic E-state index is -0.232. The number of rotatable bonds is 6. The van der Waals surface area contributed by atoms with Gasteiger partial charge >= 0.3 is 5.97 Å². The Morgan fingerprint density at radius 1 is 1.19 bits per heavy atom. The van der Waals surface area contributed by atoms with Gasteiger partial charge in [-0.25, -0.2) is 0 Å². The number of hydrogen-bond donors (Lipinski definition) is 1. The van der Waals surface area contributed by atoms with Crippen LogP contribution in [0.2, 0.25) is 0 Å². The summed E-state index contributed by atoms with van der Waals surface area (Å²) in [6, 6.07) is 12.9. The number of ether oxygens (including phenoxy) is 3. The molecule has 2 aromatic rings. The summed E-state index contributed by atoms with van der Waals surface area (Å²) in [5.41, 5.74) is 3.17. The van der Waals surface area contributed by atoms with Crippen LogP contribution in [0.5, 0.6) is 5.75 Å². The second-order valence-electron chi connectivity index (χ2n) is 7.87. The van der Waals surface area contributed by atoms with E-state index in [1.54, 1.807) is 18.3 Å². The fraction of sp³-hybridized carbons (Fsp3) is 0.375. The number of nitrogens with zero attached hydrogens (tertiary/aromatic N) is 2. The summed E-state index contributed by atoms with van der Waals surface area (Å²) in [6.45, 7) is 3.41. The zero-order valence-corrected chi connectivity index (χ0v) is 18.1. The van der Waals surface area contributed by atoms with Crippen LogP contribution in [-0.2, 0) is 20.7 Å². The Morgan fingerprint density at radius 2 is 1.97 bits per heavy atom. The van der Waals surface area contributed by atoms with Crippen molar-refractivity contribution in [3.63, 3.8) is 0 Å². The minimum absolute atomic E-state index is 0.0979. The Labute approximate surface area is 187 Å². The fourth-order valence-electron chi connectivity index (χ4n) is 3.70. The minimum Gasteiger partial charge on any atom is -0.493 e. The summed E-state index contributed by atoms with van der Waals surface area (Å²) in [4.78, 5) is 24.1. The van der Waals surface area contributed by atoms with Gasteiger partial charge in [-0.3, -0.25) is 14.6 Å². The molecule has 0 saturated carbocycles. The average molecular weight is 437 g/mol. The Bertz CT molecular complexity index is 984. The molecule has 1 fully saturated rings. The number of morpholine rings is 1. The van der Waals surface area contributed by atoms with Gasteiger partial charge in [-0.1, -0.05) is 18.2 Å². The molecule has 2 aliphatic heterocycles. The van der Waals surface area contributed by atoms with E-state index in [1.165, 1.54) is 7.11 Å². The fourth-order valence-corrected chi connectivity index (χ4v) is 3.70. The zero-order chi connectivity index (χ0) is 22.3. The van der Waals surface area contributed by atoms with Crippen molar-refractivity contribution in [3.8, 4) is 5.75 Å². The number of carbonyl (C=O) groups excluding carboxylic acids is 2. The van der Waals surface area contributed by atoms with E-state index in [0.29, 0.717) is 37.5 Å². The number of anilines is 1. The number of carbonyl (C=O) groups is 2. The third-order valence-electron chi connectivity index (χ3n) is 5.52. The molecule has 8 nitrogen and oxygen atoms in total. The van der Waals surface area contributed by atoms with E-state index in [4.69, 9.17) is 14.2 Å². The Kier molecular flexibility index (Phi) is 7.01. The average Bonchev–Trinajstić information content (AvgIpc) is 2.83. The van der Waals surface area contributed by atoms with Crippen LogP contribution in [0, 0.1) is 5.92 Å².